The lowest BCUT2D eigenvalue weighted by Crippen LogP contribution is -2.67. The van der Waals surface area contributed by atoms with E-state index in [-0.39, 0.29) is 25.8 Å². The third-order valence-electron chi connectivity index (χ3n) is 6.31. The molecule has 0 atom stereocenters. The van der Waals surface area contributed by atoms with E-state index in [1.807, 2.05) is 69.3 Å². The lowest BCUT2D eigenvalue weighted by atomic mass is 9.55. The van der Waals surface area contributed by atoms with Gasteiger partial charge in [-0.1, -0.05) is 48.0 Å². The second-order valence-corrected chi connectivity index (χ2v) is 11.2. The molecule has 0 aromatic heterocycles. The molecule has 2 N–H and O–H groups in total. The van der Waals surface area contributed by atoms with Crippen LogP contribution in [0.3, 0.4) is 0 Å². The Hall–Kier alpha value is -2.61. The van der Waals surface area contributed by atoms with E-state index in [0.717, 1.165) is 16.7 Å². The Balaban J connectivity index is 1.82. The molecule has 0 radical (unpaired) electrons. The predicted molar refractivity (Wildman–Crippen MR) is 144 cm³/mol. The lowest BCUT2D eigenvalue weighted by Gasteiger charge is -2.54. The normalized spacial score (nSPS) is 21.1. The highest BCUT2D eigenvalue weighted by Gasteiger charge is 2.60. The molecule has 1 amide bonds. The number of nitrogens with one attached hydrogen (secondary N) is 1. The minimum atomic E-state index is -0.874. The van der Waals surface area contributed by atoms with Gasteiger partial charge in [0.2, 0.25) is 0 Å². The van der Waals surface area contributed by atoms with Gasteiger partial charge in [0.15, 0.2) is 0 Å². The maximum Gasteiger partial charge on any atom is 0.408 e. The minimum Gasteiger partial charge on any atom is -0.465 e. The summed E-state index contributed by atoms with van der Waals surface area (Å²) in [7, 11) is 0. The summed E-state index contributed by atoms with van der Waals surface area (Å²) in [6, 6.07) is 15.8. The molecule has 3 rings (SSSR count). The van der Waals surface area contributed by atoms with Crippen molar-refractivity contribution in [3.8, 4) is 11.1 Å². The van der Waals surface area contributed by atoms with Crippen LogP contribution in [0, 0.1) is 5.41 Å². The molecule has 1 fully saturated rings. The number of esters is 1. The molecule has 0 unspecified atom stereocenters. The van der Waals surface area contributed by atoms with Crippen molar-refractivity contribution >= 4 is 23.7 Å². The number of halogens is 1. The average Bonchev–Trinajstić information content (AvgIpc) is 2.79. The summed E-state index contributed by atoms with van der Waals surface area (Å²) in [5.74, 6) is -0.336. The number of hydrogen-bond donors (Lipinski definition) is 2. The zero-order valence-corrected chi connectivity index (χ0v) is 22.9. The molecular weight excluding hydrogens is 494 g/mol. The number of amides is 1. The number of rotatable bonds is 11. The molecule has 2 aromatic rings. The third-order valence-corrected chi connectivity index (χ3v) is 6.54. The third kappa shape index (κ3) is 7.94. The number of benzene rings is 2. The van der Waals surface area contributed by atoms with Gasteiger partial charge in [0.25, 0.3) is 0 Å². The summed E-state index contributed by atoms with van der Waals surface area (Å²) < 4.78 is 16.7. The van der Waals surface area contributed by atoms with Crippen molar-refractivity contribution in [3.05, 3.63) is 59.1 Å². The fourth-order valence-corrected chi connectivity index (χ4v) is 5.11. The minimum absolute atomic E-state index is 0.0156. The number of ether oxygens (including phenoxy) is 3. The van der Waals surface area contributed by atoms with Gasteiger partial charge in [-0.25, -0.2) is 4.79 Å². The molecule has 0 aliphatic heterocycles. The van der Waals surface area contributed by atoms with E-state index in [9.17, 15) is 9.59 Å². The highest BCUT2D eigenvalue weighted by molar-refractivity contribution is 6.30. The van der Waals surface area contributed by atoms with Crippen LogP contribution < -0.4 is 5.32 Å². The summed E-state index contributed by atoms with van der Waals surface area (Å²) in [5.41, 5.74) is 0.839. The first-order chi connectivity index (χ1) is 17.5. The van der Waals surface area contributed by atoms with E-state index in [4.69, 9.17) is 30.9 Å². The Morgan fingerprint density at radius 1 is 1.08 bits per heavy atom. The van der Waals surface area contributed by atoms with Crippen LogP contribution in [0.25, 0.3) is 11.1 Å². The number of alkyl carbamates (subject to hydrolysis) is 1. The molecule has 0 heterocycles. The van der Waals surface area contributed by atoms with Gasteiger partial charge in [-0.2, -0.15) is 0 Å². The molecule has 202 valence electrons. The SMILES string of the molecule is CCOC(=O)[C@]1(COCCCO)C[C@@](Cc2ccc(-c3cccc(Cl)c3)cc2)(NC(=O)OC(C)(C)C)C1. The monoisotopic (exact) mass is 531 g/mol. The lowest BCUT2D eigenvalue weighted by molar-refractivity contribution is -0.175. The predicted octanol–water partition coefficient (Wildman–Crippen LogP) is 5.56. The van der Waals surface area contributed by atoms with Crippen LogP contribution in [0.15, 0.2) is 48.5 Å². The molecule has 37 heavy (non-hydrogen) atoms. The number of hydrogen-bond acceptors (Lipinski definition) is 6. The summed E-state index contributed by atoms with van der Waals surface area (Å²) >= 11 is 6.15. The van der Waals surface area contributed by atoms with E-state index in [1.54, 1.807) is 6.92 Å². The van der Waals surface area contributed by atoms with Crippen molar-refractivity contribution in [3.63, 3.8) is 0 Å². The molecule has 0 spiro atoms. The molecule has 0 bridgehead atoms. The van der Waals surface area contributed by atoms with Crippen LogP contribution in [-0.4, -0.2) is 54.7 Å². The maximum absolute atomic E-state index is 13.0. The van der Waals surface area contributed by atoms with Gasteiger partial charge in [-0.15, -0.1) is 0 Å². The number of aliphatic hydroxyl groups is 1. The van der Waals surface area contributed by atoms with E-state index >= 15 is 0 Å². The van der Waals surface area contributed by atoms with Crippen LogP contribution in [0.5, 0.6) is 0 Å². The zero-order chi connectivity index (χ0) is 27.1. The molecule has 7 nitrogen and oxygen atoms in total. The van der Waals surface area contributed by atoms with Crippen LogP contribution in [0.1, 0.15) is 52.5 Å². The van der Waals surface area contributed by atoms with Gasteiger partial charge in [-0.3, -0.25) is 4.79 Å². The standard InChI is InChI=1S/C29H38ClNO6/c1-5-36-25(33)28(20-35-15-7-14-32)18-29(19-28,31-26(34)37-27(2,3)4)17-21-10-12-22(13-11-21)23-8-6-9-24(30)16-23/h6,8-13,16,32H,5,7,14-15,17-20H2,1-4H3,(H,31,34)/t28-,29-. The molecule has 1 aliphatic rings. The second-order valence-electron chi connectivity index (χ2n) is 10.8. The Labute approximate surface area is 224 Å². The highest BCUT2D eigenvalue weighted by Crippen LogP contribution is 2.51. The smallest absolute Gasteiger partial charge is 0.408 e. The molecule has 0 saturated heterocycles. The first-order valence-electron chi connectivity index (χ1n) is 12.7. The second kappa shape index (κ2) is 12.3. The van der Waals surface area contributed by atoms with Crippen molar-refractivity contribution in [2.75, 3.05) is 26.4 Å². The zero-order valence-electron chi connectivity index (χ0n) is 22.1. The van der Waals surface area contributed by atoms with Crippen LogP contribution >= 0.6 is 11.6 Å². The van der Waals surface area contributed by atoms with Gasteiger partial charge in [0, 0.05) is 23.8 Å². The van der Waals surface area contributed by atoms with Gasteiger partial charge in [0.05, 0.1) is 18.6 Å². The molecular formula is C29H38ClNO6. The van der Waals surface area contributed by atoms with Crippen molar-refractivity contribution in [1.82, 2.24) is 5.32 Å². The van der Waals surface area contributed by atoms with E-state index in [0.29, 0.717) is 37.3 Å². The van der Waals surface area contributed by atoms with Crippen molar-refractivity contribution < 1.29 is 28.9 Å². The number of carbonyl (C=O) groups is 2. The Morgan fingerprint density at radius 3 is 2.38 bits per heavy atom. The van der Waals surface area contributed by atoms with E-state index in [1.165, 1.54) is 0 Å². The first-order valence-corrected chi connectivity index (χ1v) is 13.1. The van der Waals surface area contributed by atoms with E-state index < -0.39 is 22.6 Å². The summed E-state index contributed by atoms with van der Waals surface area (Å²) in [6.07, 6.45) is 1.18. The van der Waals surface area contributed by atoms with E-state index in [2.05, 4.69) is 5.32 Å². The quantitative estimate of drug-likeness (QED) is 0.291. The van der Waals surface area contributed by atoms with Gasteiger partial charge >= 0.3 is 12.1 Å². The summed E-state index contributed by atoms with van der Waals surface area (Å²) in [4.78, 5) is 25.8. The maximum atomic E-state index is 13.0. The Kier molecular flexibility index (Phi) is 9.62. The van der Waals surface area contributed by atoms with Gasteiger partial charge in [-0.05, 0) is 82.2 Å². The van der Waals surface area contributed by atoms with Crippen LogP contribution in [0.4, 0.5) is 4.79 Å². The fourth-order valence-electron chi connectivity index (χ4n) is 4.92. The average molecular weight is 532 g/mol. The number of aliphatic hydroxyl groups excluding tert-OH is 1. The molecule has 2 aromatic carbocycles. The van der Waals surface area contributed by atoms with Crippen molar-refractivity contribution in [2.24, 2.45) is 5.41 Å². The van der Waals surface area contributed by atoms with Crippen LogP contribution in [-0.2, 0) is 25.4 Å². The molecule has 1 saturated carbocycles. The topological polar surface area (TPSA) is 94.1 Å². The van der Waals surface area contributed by atoms with Crippen LogP contribution in [0.2, 0.25) is 5.02 Å². The summed E-state index contributed by atoms with van der Waals surface area (Å²) in [5, 5.41) is 12.8. The summed E-state index contributed by atoms with van der Waals surface area (Å²) in [6.45, 7) is 7.98. The molecule has 8 heteroatoms. The Morgan fingerprint density at radius 2 is 1.78 bits per heavy atom. The largest absolute Gasteiger partial charge is 0.465 e. The highest BCUT2D eigenvalue weighted by atomic mass is 35.5. The Bertz CT molecular complexity index is 1060. The van der Waals surface area contributed by atoms with Gasteiger partial charge in [0.1, 0.15) is 5.60 Å². The van der Waals surface area contributed by atoms with Crippen molar-refractivity contribution in [1.29, 1.82) is 0 Å². The number of carbonyl (C=O) groups excluding carboxylic acids is 2. The first kappa shape index (κ1) is 29.0. The van der Waals surface area contributed by atoms with Gasteiger partial charge < -0.3 is 24.6 Å². The fraction of sp³-hybridized carbons (Fsp3) is 0.517. The van der Waals surface area contributed by atoms with Crippen molar-refractivity contribution in [2.45, 2.75) is 64.5 Å². The molecule has 1 aliphatic carbocycles.